The zero-order valence-electron chi connectivity index (χ0n) is 20.6. The normalized spacial score (nSPS) is 20.8. The zero-order chi connectivity index (χ0) is 24.8. The van der Waals surface area contributed by atoms with Gasteiger partial charge in [-0.2, -0.15) is 13.2 Å². The summed E-state index contributed by atoms with van der Waals surface area (Å²) in [7, 11) is -0.837. The van der Waals surface area contributed by atoms with Crippen LogP contribution in [0.5, 0.6) is 0 Å². The van der Waals surface area contributed by atoms with Gasteiger partial charge < -0.3 is 18.9 Å². The SMILES string of the molecule is CC(C)(C)OC(=O)N(Cc1cc(C(F)(F)F)ccc1B1OC(C)(C)C(C)(C)O1)C1CCCC1. The first-order valence-electron chi connectivity index (χ1n) is 11.6. The van der Waals surface area contributed by atoms with Gasteiger partial charge in [-0.15, -0.1) is 0 Å². The van der Waals surface area contributed by atoms with E-state index in [9.17, 15) is 18.0 Å². The summed E-state index contributed by atoms with van der Waals surface area (Å²) in [5.74, 6) is 0. The van der Waals surface area contributed by atoms with Gasteiger partial charge in [0.2, 0.25) is 0 Å². The molecule has 0 unspecified atom stereocenters. The Bertz CT molecular complexity index is 857. The van der Waals surface area contributed by atoms with E-state index in [1.165, 1.54) is 6.07 Å². The van der Waals surface area contributed by atoms with Crippen LogP contribution in [-0.2, 0) is 26.8 Å². The number of benzene rings is 1. The summed E-state index contributed by atoms with van der Waals surface area (Å²) in [6.45, 7) is 12.9. The number of hydrogen-bond donors (Lipinski definition) is 0. The Labute approximate surface area is 195 Å². The van der Waals surface area contributed by atoms with E-state index >= 15 is 0 Å². The Kier molecular flexibility index (Phi) is 6.90. The molecule has 0 aromatic heterocycles. The maximum Gasteiger partial charge on any atom is 0.495 e. The molecule has 1 saturated heterocycles. The molecule has 1 amide bonds. The Hall–Kier alpha value is -1.74. The first-order chi connectivity index (χ1) is 15.0. The highest BCUT2D eigenvalue weighted by Gasteiger charge is 2.52. The molecule has 1 heterocycles. The molecule has 1 aliphatic heterocycles. The lowest BCUT2D eigenvalue weighted by atomic mass is 9.75. The van der Waals surface area contributed by atoms with Crippen molar-refractivity contribution in [3.05, 3.63) is 29.3 Å². The second-order valence-corrected chi connectivity index (χ2v) is 11.0. The number of carbonyl (C=O) groups excluding carboxylic acids is 1. The van der Waals surface area contributed by atoms with E-state index in [0.29, 0.717) is 11.0 Å². The summed E-state index contributed by atoms with van der Waals surface area (Å²) in [5.41, 5.74) is -1.93. The number of hydrogen-bond acceptors (Lipinski definition) is 4. The third-order valence-corrected chi connectivity index (χ3v) is 6.71. The van der Waals surface area contributed by atoms with Crippen LogP contribution in [-0.4, -0.2) is 41.0 Å². The summed E-state index contributed by atoms with van der Waals surface area (Å²) in [6.07, 6.45) is -1.50. The molecule has 1 aromatic rings. The molecule has 1 aromatic carbocycles. The average Bonchev–Trinajstić information content (AvgIpc) is 3.23. The van der Waals surface area contributed by atoms with Crippen LogP contribution in [0.25, 0.3) is 0 Å². The van der Waals surface area contributed by atoms with Gasteiger partial charge in [-0.1, -0.05) is 25.0 Å². The molecule has 184 valence electrons. The summed E-state index contributed by atoms with van der Waals surface area (Å²) >= 11 is 0. The maximum atomic E-state index is 13.6. The number of halogens is 3. The van der Waals surface area contributed by atoms with Gasteiger partial charge >= 0.3 is 19.4 Å². The van der Waals surface area contributed by atoms with E-state index in [1.54, 1.807) is 25.7 Å². The van der Waals surface area contributed by atoms with Gasteiger partial charge in [-0.05, 0) is 78.4 Å². The highest BCUT2D eigenvalue weighted by molar-refractivity contribution is 6.62. The van der Waals surface area contributed by atoms with Gasteiger partial charge in [-0.25, -0.2) is 4.79 Å². The number of nitrogens with zero attached hydrogens (tertiary/aromatic N) is 1. The Balaban J connectivity index is 2.01. The molecule has 0 spiro atoms. The van der Waals surface area contributed by atoms with Crippen molar-refractivity contribution in [2.24, 2.45) is 0 Å². The maximum absolute atomic E-state index is 13.6. The zero-order valence-corrected chi connectivity index (χ0v) is 20.6. The monoisotopic (exact) mass is 469 g/mol. The van der Waals surface area contributed by atoms with E-state index in [-0.39, 0.29) is 12.6 Å². The molecule has 2 aliphatic rings. The van der Waals surface area contributed by atoms with Crippen molar-refractivity contribution in [2.45, 2.75) is 110 Å². The molecule has 1 saturated carbocycles. The highest BCUT2D eigenvalue weighted by atomic mass is 19.4. The number of alkyl halides is 3. The van der Waals surface area contributed by atoms with Crippen molar-refractivity contribution < 1.29 is 32.0 Å². The molecule has 0 bridgehead atoms. The van der Waals surface area contributed by atoms with Gasteiger partial charge in [0.15, 0.2) is 0 Å². The van der Waals surface area contributed by atoms with Crippen molar-refractivity contribution in [2.75, 3.05) is 0 Å². The predicted molar refractivity (Wildman–Crippen MR) is 121 cm³/mol. The van der Waals surface area contributed by atoms with E-state index in [2.05, 4.69) is 0 Å². The minimum Gasteiger partial charge on any atom is -0.444 e. The van der Waals surface area contributed by atoms with E-state index in [4.69, 9.17) is 14.0 Å². The lowest BCUT2D eigenvalue weighted by Gasteiger charge is -2.32. The number of carbonyl (C=O) groups is 1. The van der Waals surface area contributed by atoms with Crippen LogP contribution in [0, 0.1) is 0 Å². The van der Waals surface area contributed by atoms with Crippen LogP contribution >= 0.6 is 0 Å². The molecule has 0 radical (unpaired) electrons. The van der Waals surface area contributed by atoms with E-state index < -0.39 is 41.8 Å². The Morgan fingerprint density at radius 1 is 1.09 bits per heavy atom. The molecule has 0 N–H and O–H groups in total. The lowest BCUT2D eigenvalue weighted by Crippen LogP contribution is -2.44. The fourth-order valence-electron chi connectivity index (χ4n) is 4.18. The number of rotatable bonds is 4. The molecule has 0 atom stereocenters. The minimum atomic E-state index is -4.51. The van der Waals surface area contributed by atoms with Gasteiger partial charge in [0, 0.05) is 12.6 Å². The van der Waals surface area contributed by atoms with Crippen LogP contribution < -0.4 is 5.46 Å². The lowest BCUT2D eigenvalue weighted by molar-refractivity contribution is -0.137. The third kappa shape index (κ3) is 5.85. The van der Waals surface area contributed by atoms with Crippen molar-refractivity contribution in [1.82, 2.24) is 4.90 Å². The van der Waals surface area contributed by atoms with Crippen LogP contribution in [0.2, 0.25) is 0 Å². The minimum absolute atomic E-state index is 0.0110. The van der Waals surface area contributed by atoms with Crippen LogP contribution in [0.1, 0.15) is 85.3 Å². The van der Waals surface area contributed by atoms with Gasteiger partial charge in [0.05, 0.1) is 16.8 Å². The fraction of sp³-hybridized carbons (Fsp3) is 0.708. The largest absolute Gasteiger partial charge is 0.495 e. The van der Waals surface area contributed by atoms with Gasteiger partial charge in [0.1, 0.15) is 5.60 Å². The summed E-state index contributed by atoms with van der Waals surface area (Å²) in [4.78, 5) is 14.7. The number of amides is 1. The smallest absolute Gasteiger partial charge is 0.444 e. The Morgan fingerprint density at radius 2 is 1.64 bits per heavy atom. The van der Waals surface area contributed by atoms with Crippen LogP contribution in [0.4, 0.5) is 18.0 Å². The predicted octanol–water partition coefficient (Wildman–Crippen LogP) is 5.68. The first kappa shape index (κ1) is 25.9. The molecule has 9 heteroatoms. The third-order valence-electron chi connectivity index (χ3n) is 6.71. The molecule has 3 rings (SSSR count). The van der Waals surface area contributed by atoms with E-state index in [1.807, 2.05) is 27.7 Å². The molecular formula is C24H35BF3NO4. The summed E-state index contributed by atoms with van der Waals surface area (Å²) in [5, 5.41) is 0. The highest BCUT2D eigenvalue weighted by Crippen LogP contribution is 2.38. The van der Waals surface area contributed by atoms with Gasteiger partial charge in [0.25, 0.3) is 0 Å². The summed E-state index contributed by atoms with van der Waals surface area (Å²) in [6, 6.07) is 3.46. The quantitative estimate of drug-likeness (QED) is 0.532. The Morgan fingerprint density at radius 3 is 2.12 bits per heavy atom. The van der Waals surface area contributed by atoms with Crippen molar-refractivity contribution in [1.29, 1.82) is 0 Å². The van der Waals surface area contributed by atoms with E-state index in [0.717, 1.165) is 37.8 Å². The summed E-state index contributed by atoms with van der Waals surface area (Å²) < 4.78 is 58.6. The average molecular weight is 469 g/mol. The molecule has 5 nitrogen and oxygen atoms in total. The second kappa shape index (κ2) is 8.80. The van der Waals surface area contributed by atoms with Gasteiger partial charge in [-0.3, -0.25) is 0 Å². The molecule has 33 heavy (non-hydrogen) atoms. The van der Waals surface area contributed by atoms with Crippen LogP contribution in [0.3, 0.4) is 0 Å². The van der Waals surface area contributed by atoms with Crippen molar-refractivity contribution in [3.63, 3.8) is 0 Å². The van der Waals surface area contributed by atoms with Crippen LogP contribution in [0.15, 0.2) is 18.2 Å². The van der Waals surface area contributed by atoms with Crippen molar-refractivity contribution in [3.8, 4) is 0 Å². The molecule has 2 fully saturated rings. The van der Waals surface area contributed by atoms with Crippen molar-refractivity contribution >= 4 is 18.7 Å². The molecule has 1 aliphatic carbocycles. The first-order valence-corrected chi connectivity index (χ1v) is 11.6. The second-order valence-electron chi connectivity index (χ2n) is 11.0. The fourth-order valence-corrected chi connectivity index (χ4v) is 4.18. The standard InChI is InChI=1S/C24H35BF3NO4/c1-21(2,3)31-20(30)29(18-10-8-9-11-18)15-16-14-17(24(26,27)28)12-13-19(16)25-32-22(4,5)23(6,7)33-25/h12-14,18H,8-11,15H2,1-7H3. The molecular weight excluding hydrogens is 434 g/mol. The topological polar surface area (TPSA) is 48.0 Å². The number of ether oxygens (including phenoxy) is 1.